The second-order valence-electron chi connectivity index (χ2n) is 7.85. The second kappa shape index (κ2) is 9.83. The minimum absolute atomic E-state index is 0.150. The van der Waals surface area contributed by atoms with Gasteiger partial charge in [0.2, 0.25) is 0 Å². The van der Waals surface area contributed by atoms with E-state index in [1.165, 1.54) is 34.6 Å². The lowest BCUT2D eigenvalue weighted by molar-refractivity contribution is -0.137. The summed E-state index contributed by atoms with van der Waals surface area (Å²) in [6.07, 6.45) is 0.981. The van der Waals surface area contributed by atoms with Gasteiger partial charge in [0.25, 0.3) is 5.91 Å². The second-order valence-corrected chi connectivity index (χ2v) is 10.4. The Morgan fingerprint density at radius 1 is 1.26 bits per heavy atom. The van der Waals surface area contributed by atoms with Crippen LogP contribution < -0.4 is 0 Å². The molecule has 2 aromatic heterocycles. The van der Waals surface area contributed by atoms with Crippen LogP contribution in [0.25, 0.3) is 5.82 Å². The summed E-state index contributed by atoms with van der Waals surface area (Å²) in [6.45, 7) is 3.49. The first kappa shape index (κ1) is 25.8. The molecule has 0 aliphatic carbocycles. The van der Waals surface area contributed by atoms with Crippen molar-refractivity contribution in [1.82, 2.24) is 24.6 Å². The van der Waals surface area contributed by atoms with Gasteiger partial charge in [0.05, 0.1) is 35.1 Å². The van der Waals surface area contributed by atoms with Gasteiger partial charge < -0.3 is 4.90 Å². The van der Waals surface area contributed by atoms with E-state index in [9.17, 15) is 22.2 Å². The number of carbonyl (C=O) groups is 1. The number of nitriles is 1. The van der Waals surface area contributed by atoms with Gasteiger partial charge in [-0.3, -0.25) is 4.79 Å². The van der Waals surface area contributed by atoms with Crippen molar-refractivity contribution < 1.29 is 22.2 Å². The van der Waals surface area contributed by atoms with Crippen LogP contribution in [0.5, 0.6) is 0 Å². The van der Waals surface area contributed by atoms with E-state index in [1.807, 2.05) is 0 Å². The fraction of sp³-hybridized carbons (Fsp3) is 0.318. The quantitative estimate of drug-likeness (QED) is 0.497. The maximum atomic E-state index is 13.3. The first-order valence-corrected chi connectivity index (χ1v) is 12.6. The zero-order valence-corrected chi connectivity index (χ0v) is 20.1. The van der Waals surface area contributed by atoms with Crippen LogP contribution in [0.4, 0.5) is 18.9 Å². The van der Waals surface area contributed by atoms with Crippen LogP contribution in [0.15, 0.2) is 47.2 Å². The van der Waals surface area contributed by atoms with Crippen molar-refractivity contribution in [3.63, 3.8) is 0 Å². The molecule has 3 rings (SSSR count). The Balaban J connectivity index is 1.96. The Kier molecular flexibility index (Phi) is 7.25. The fourth-order valence-electron chi connectivity index (χ4n) is 3.40. The van der Waals surface area contributed by atoms with Crippen LogP contribution in [-0.4, -0.2) is 53.8 Å². The van der Waals surface area contributed by atoms with Gasteiger partial charge in [-0.25, -0.2) is 14.2 Å². The number of pyridine rings is 1. The Morgan fingerprint density at radius 2 is 1.97 bits per heavy atom. The van der Waals surface area contributed by atoms with Crippen molar-refractivity contribution in [3.05, 3.63) is 65.4 Å². The highest BCUT2D eigenvalue weighted by atomic mass is 32.2. The third-order valence-electron chi connectivity index (χ3n) is 4.93. The van der Waals surface area contributed by atoms with Crippen molar-refractivity contribution in [3.8, 4) is 11.9 Å². The molecule has 35 heavy (non-hydrogen) atoms. The first-order valence-electron chi connectivity index (χ1n) is 10.3. The zero-order valence-electron chi connectivity index (χ0n) is 19.3. The van der Waals surface area contributed by atoms with E-state index in [0.29, 0.717) is 23.4 Å². The van der Waals surface area contributed by atoms with Gasteiger partial charge in [0, 0.05) is 34.3 Å². The van der Waals surface area contributed by atoms with E-state index in [4.69, 9.17) is 5.26 Å². The van der Waals surface area contributed by atoms with Crippen LogP contribution in [0.2, 0.25) is 0 Å². The SMILES string of the molecule is CCN(C(=O)c1cc(C#N)cc(C(F)(F)F)c1)[C@@H](C)c1ncnn1-c1ccc(N=S(C)(C)=O)cn1. The highest BCUT2D eigenvalue weighted by Crippen LogP contribution is 2.31. The molecule has 0 fully saturated rings. The minimum Gasteiger partial charge on any atom is -0.329 e. The lowest BCUT2D eigenvalue weighted by Crippen LogP contribution is -2.35. The third kappa shape index (κ3) is 6.02. The van der Waals surface area contributed by atoms with E-state index < -0.39 is 33.4 Å². The molecule has 2 heterocycles. The molecule has 3 aromatic rings. The summed E-state index contributed by atoms with van der Waals surface area (Å²) >= 11 is 0. The van der Waals surface area contributed by atoms with Crippen molar-refractivity contribution in [1.29, 1.82) is 5.26 Å². The summed E-state index contributed by atoms with van der Waals surface area (Å²) < 4.78 is 57.2. The van der Waals surface area contributed by atoms with Crippen molar-refractivity contribution >= 4 is 21.3 Å². The van der Waals surface area contributed by atoms with Crippen LogP contribution in [0.1, 0.15) is 47.2 Å². The number of carbonyl (C=O) groups excluding carboxylic acids is 1. The molecule has 0 unspecified atom stereocenters. The molecule has 0 spiro atoms. The number of hydrogen-bond donors (Lipinski definition) is 0. The molecule has 0 radical (unpaired) electrons. The number of hydrogen-bond acceptors (Lipinski definition) is 7. The number of nitrogens with zero attached hydrogens (tertiary/aromatic N) is 7. The zero-order chi connectivity index (χ0) is 26.0. The van der Waals surface area contributed by atoms with E-state index in [2.05, 4.69) is 19.4 Å². The molecular weight excluding hydrogens is 483 g/mol. The van der Waals surface area contributed by atoms with Crippen LogP contribution in [-0.2, 0) is 15.9 Å². The molecule has 0 saturated carbocycles. The number of rotatable bonds is 6. The summed E-state index contributed by atoms with van der Waals surface area (Å²) in [5.74, 6) is -0.0177. The molecule has 184 valence electrons. The maximum absolute atomic E-state index is 13.3. The molecule has 0 N–H and O–H groups in total. The molecule has 0 aliphatic rings. The standard InChI is InChI=1S/C22H22F3N7O2S/c1-5-31(21(33)16-8-15(11-26)9-17(10-16)22(23,24)25)14(2)20-28-13-29-32(20)19-7-6-18(12-27-19)30-35(3,4)34/h6-10,12-14H,5H2,1-4H3/t14-/m0/s1. The topological polar surface area (TPSA) is 117 Å². The average molecular weight is 506 g/mol. The first-order chi connectivity index (χ1) is 16.3. The van der Waals surface area contributed by atoms with Gasteiger partial charge in [0.1, 0.15) is 6.33 Å². The van der Waals surface area contributed by atoms with E-state index in [0.717, 1.165) is 12.1 Å². The van der Waals surface area contributed by atoms with E-state index >= 15 is 0 Å². The number of halogens is 3. The highest BCUT2D eigenvalue weighted by Gasteiger charge is 2.33. The van der Waals surface area contributed by atoms with Crippen molar-refractivity contribution in [2.75, 3.05) is 19.1 Å². The highest BCUT2D eigenvalue weighted by molar-refractivity contribution is 7.92. The number of benzene rings is 1. The lowest BCUT2D eigenvalue weighted by Gasteiger charge is -2.28. The Hall–Kier alpha value is -3.79. The van der Waals surface area contributed by atoms with Gasteiger partial charge in [0.15, 0.2) is 11.6 Å². The van der Waals surface area contributed by atoms with Gasteiger partial charge in [-0.05, 0) is 44.2 Å². The van der Waals surface area contributed by atoms with E-state index in [1.54, 1.807) is 32.0 Å². The summed E-state index contributed by atoms with van der Waals surface area (Å²) in [5, 5.41) is 13.3. The summed E-state index contributed by atoms with van der Waals surface area (Å²) in [5.41, 5.74) is -1.19. The molecule has 13 heteroatoms. The lowest BCUT2D eigenvalue weighted by atomic mass is 10.0. The van der Waals surface area contributed by atoms with E-state index in [-0.39, 0.29) is 17.7 Å². The predicted molar refractivity (Wildman–Crippen MR) is 123 cm³/mol. The maximum Gasteiger partial charge on any atom is 0.416 e. The molecule has 0 saturated heterocycles. The molecule has 1 atom stereocenters. The van der Waals surface area contributed by atoms with Gasteiger partial charge in [-0.1, -0.05) is 0 Å². The predicted octanol–water partition coefficient (Wildman–Crippen LogP) is 4.14. The molecule has 0 bridgehead atoms. The Bertz CT molecular complexity index is 1390. The Labute approximate surface area is 200 Å². The molecular formula is C22H22F3N7O2S. The monoisotopic (exact) mass is 505 g/mol. The van der Waals surface area contributed by atoms with Gasteiger partial charge in [-0.2, -0.15) is 32.6 Å². The molecule has 0 aliphatic heterocycles. The number of aromatic nitrogens is 4. The Morgan fingerprint density at radius 3 is 2.51 bits per heavy atom. The smallest absolute Gasteiger partial charge is 0.329 e. The van der Waals surface area contributed by atoms with Crippen molar-refractivity contribution in [2.24, 2.45) is 4.36 Å². The van der Waals surface area contributed by atoms with Crippen LogP contribution in [0.3, 0.4) is 0 Å². The summed E-state index contributed by atoms with van der Waals surface area (Å²) in [7, 11) is -2.37. The molecule has 9 nitrogen and oxygen atoms in total. The average Bonchev–Trinajstić information content (AvgIpc) is 3.28. The van der Waals surface area contributed by atoms with Crippen LogP contribution >= 0.6 is 0 Å². The third-order valence-corrected chi connectivity index (χ3v) is 5.58. The van der Waals surface area contributed by atoms with Crippen LogP contribution in [0, 0.1) is 11.3 Å². The van der Waals surface area contributed by atoms with Gasteiger partial charge >= 0.3 is 6.18 Å². The van der Waals surface area contributed by atoms with Gasteiger partial charge in [-0.15, -0.1) is 0 Å². The number of alkyl halides is 3. The summed E-state index contributed by atoms with van der Waals surface area (Å²) in [4.78, 5) is 23.0. The molecule has 1 aromatic carbocycles. The summed E-state index contributed by atoms with van der Waals surface area (Å²) in [6, 6.07) is 6.72. The van der Waals surface area contributed by atoms with Crippen molar-refractivity contribution in [2.45, 2.75) is 26.1 Å². The largest absolute Gasteiger partial charge is 0.416 e. The normalized spacial score (nSPS) is 12.6. The molecule has 1 amide bonds. The minimum atomic E-state index is -4.71. The fourth-order valence-corrected chi connectivity index (χ4v) is 4.02. The number of amides is 1.